The summed E-state index contributed by atoms with van der Waals surface area (Å²) in [6.45, 7) is 4.90. The molecule has 7 nitrogen and oxygen atoms in total. The average molecular weight is 352 g/mol. The lowest BCUT2D eigenvalue weighted by Gasteiger charge is -2.43. The molecule has 0 N–H and O–H groups in total. The normalized spacial score (nSPS) is 29.6. The fraction of sp³-hybridized carbons (Fsp3) is 0.750. The van der Waals surface area contributed by atoms with Crippen LogP contribution >= 0.6 is 0 Å². The van der Waals surface area contributed by atoms with Gasteiger partial charge in [-0.1, -0.05) is 0 Å². The van der Waals surface area contributed by atoms with E-state index in [0.29, 0.717) is 19.6 Å². The van der Waals surface area contributed by atoms with E-state index in [0.717, 1.165) is 25.2 Å². The van der Waals surface area contributed by atoms with E-state index >= 15 is 0 Å². The fourth-order valence-corrected chi connectivity index (χ4v) is 6.03. The molecule has 1 aliphatic carbocycles. The number of amides is 1. The number of imidazole rings is 1. The van der Waals surface area contributed by atoms with Crippen LogP contribution in [0, 0.1) is 5.92 Å². The maximum atomic E-state index is 12.5. The van der Waals surface area contributed by atoms with Crippen LogP contribution in [0.3, 0.4) is 0 Å². The first-order valence-corrected chi connectivity index (χ1v) is 10.6. The number of aryl methyl sites for hydroxylation is 1. The van der Waals surface area contributed by atoms with Crippen molar-refractivity contribution in [3.8, 4) is 0 Å². The van der Waals surface area contributed by atoms with Gasteiger partial charge in [0.1, 0.15) is 5.82 Å². The van der Waals surface area contributed by atoms with Gasteiger partial charge in [0.05, 0.1) is 24.1 Å². The number of hydrogen-bond acceptors (Lipinski definition) is 5. The van der Waals surface area contributed by atoms with Gasteiger partial charge in [0.25, 0.3) is 0 Å². The van der Waals surface area contributed by atoms with Gasteiger partial charge in [-0.25, -0.2) is 13.4 Å². The molecule has 2 aliphatic heterocycles. The molecule has 4 rings (SSSR count). The molecular formula is C16H24N4O3S. The SMILES string of the molecule is CCn1ccnc1CN1CCN(C(=O)C2CC2)[C@@H]2CS(=O)(=O)C[C@@H]21. The van der Waals surface area contributed by atoms with Gasteiger partial charge in [-0.3, -0.25) is 9.69 Å². The maximum absolute atomic E-state index is 12.5. The summed E-state index contributed by atoms with van der Waals surface area (Å²) in [7, 11) is -3.09. The van der Waals surface area contributed by atoms with Crippen LogP contribution in [-0.2, 0) is 27.7 Å². The fourth-order valence-electron chi connectivity index (χ4n) is 4.02. The quantitative estimate of drug-likeness (QED) is 0.770. The first-order valence-electron chi connectivity index (χ1n) is 8.73. The number of carbonyl (C=O) groups excluding carboxylic acids is 1. The molecule has 1 saturated carbocycles. The third-order valence-electron chi connectivity index (χ3n) is 5.49. The van der Waals surface area contributed by atoms with Crippen molar-refractivity contribution >= 4 is 15.7 Å². The first-order chi connectivity index (χ1) is 11.5. The highest BCUT2D eigenvalue weighted by Crippen LogP contribution is 2.35. The second-order valence-electron chi connectivity index (χ2n) is 7.12. The van der Waals surface area contributed by atoms with Gasteiger partial charge in [-0.15, -0.1) is 0 Å². The van der Waals surface area contributed by atoms with Crippen molar-refractivity contribution in [1.82, 2.24) is 19.4 Å². The summed E-state index contributed by atoms with van der Waals surface area (Å²) in [5, 5.41) is 0. The first kappa shape index (κ1) is 16.1. The largest absolute Gasteiger partial charge is 0.336 e. The van der Waals surface area contributed by atoms with E-state index in [1.54, 1.807) is 6.20 Å². The number of nitrogens with zero attached hydrogens (tertiary/aromatic N) is 4. The molecule has 1 amide bonds. The van der Waals surface area contributed by atoms with Crippen LogP contribution in [0.1, 0.15) is 25.6 Å². The van der Waals surface area contributed by atoms with Crippen molar-refractivity contribution in [1.29, 1.82) is 0 Å². The molecule has 0 radical (unpaired) electrons. The lowest BCUT2D eigenvalue weighted by molar-refractivity contribution is -0.138. The number of fused-ring (bicyclic) bond motifs is 1. The predicted molar refractivity (Wildman–Crippen MR) is 89.0 cm³/mol. The number of piperazine rings is 1. The summed E-state index contributed by atoms with van der Waals surface area (Å²) in [6.07, 6.45) is 5.65. The summed E-state index contributed by atoms with van der Waals surface area (Å²) in [5.74, 6) is 1.52. The minimum absolute atomic E-state index is 0.103. The molecule has 132 valence electrons. The maximum Gasteiger partial charge on any atom is 0.226 e. The molecule has 0 unspecified atom stereocenters. The Labute approximate surface area is 142 Å². The second kappa shape index (κ2) is 5.84. The van der Waals surface area contributed by atoms with Gasteiger partial charge < -0.3 is 9.47 Å². The van der Waals surface area contributed by atoms with Crippen molar-refractivity contribution < 1.29 is 13.2 Å². The van der Waals surface area contributed by atoms with E-state index in [2.05, 4.69) is 21.4 Å². The highest BCUT2D eigenvalue weighted by molar-refractivity contribution is 7.91. The Morgan fingerprint density at radius 3 is 2.71 bits per heavy atom. The summed E-state index contributed by atoms with van der Waals surface area (Å²) >= 11 is 0. The monoisotopic (exact) mass is 352 g/mol. The van der Waals surface area contributed by atoms with E-state index in [-0.39, 0.29) is 35.4 Å². The minimum atomic E-state index is -3.09. The van der Waals surface area contributed by atoms with Gasteiger partial charge in [0, 0.05) is 44.0 Å². The second-order valence-corrected chi connectivity index (χ2v) is 9.27. The predicted octanol–water partition coefficient (Wildman–Crippen LogP) is 0.123. The Morgan fingerprint density at radius 1 is 1.25 bits per heavy atom. The summed E-state index contributed by atoms with van der Waals surface area (Å²) < 4.78 is 26.6. The van der Waals surface area contributed by atoms with Gasteiger partial charge in [-0.2, -0.15) is 0 Å². The third kappa shape index (κ3) is 2.86. The van der Waals surface area contributed by atoms with Gasteiger partial charge in [0.15, 0.2) is 9.84 Å². The van der Waals surface area contributed by atoms with Gasteiger partial charge >= 0.3 is 0 Å². The van der Waals surface area contributed by atoms with Crippen molar-refractivity contribution in [2.45, 2.75) is 44.9 Å². The highest BCUT2D eigenvalue weighted by Gasteiger charge is 2.49. The van der Waals surface area contributed by atoms with E-state index in [1.807, 2.05) is 11.1 Å². The molecule has 0 aromatic carbocycles. The zero-order valence-corrected chi connectivity index (χ0v) is 14.8. The van der Waals surface area contributed by atoms with E-state index < -0.39 is 9.84 Å². The van der Waals surface area contributed by atoms with Crippen LogP contribution in [0.5, 0.6) is 0 Å². The van der Waals surface area contributed by atoms with Crippen LogP contribution < -0.4 is 0 Å². The number of carbonyl (C=O) groups is 1. The standard InChI is InChI=1S/C16H24N4O3S/c1-2-18-6-5-17-15(18)9-19-7-8-20(16(21)12-3-4-12)14-11-24(22,23)10-13(14)19/h5-6,12-14H,2-4,7-11H2,1H3/t13-,14+/m0/s1. The molecule has 3 heterocycles. The molecule has 2 saturated heterocycles. The molecule has 2 atom stereocenters. The Kier molecular flexibility index (Phi) is 3.91. The Hall–Kier alpha value is -1.41. The van der Waals surface area contributed by atoms with Crippen LogP contribution in [-0.4, -0.2) is 70.4 Å². The summed E-state index contributed by atoms with van der Waals surface area (Å²) in [4.78, 5) is 21.0. The highest BCUT2D eigenvalue weighted by atomic mass is 32.2. The van der Waals surface area contributed by atoms with Crippen molar-refractivity contribution in [2.24, 2.45) is 5.92 Å². The molecule has 0 spiro atoms. The molecule has 8 heteroatoms. The van der Waals surface area contributed by atoms with Crippen molar-refractivity contribution in [2.75, 3.05) is 24.6 Å². The van der Waals surface area contributed by atoms with E-state index in [9.17, 15) is 13.2 Å². The zero-order valence-electron chi connectivity index (χ0n) is 14.0. The summed E-state index contributed by atoms with van der Waals surface area (Å²) in [5.41, 5.74) is 0. The van der Waals surface area contributed by atoms with Crippen molar-refractivity contribution in [3.63, 3.8) is 0 Å². The Balaban J connectivity index is 1.56. The van der Waals surface area contributed by atoms with Gasteiger partial charge in [0.2, 0.25) is 5.91 Å². The zero-order chi connectivity index (χ0) is 16.9. The molecule has 1 aromatic heterocycles. The van der Waals surface area contributed by atoms with Crippen LogP contribution in [0.15, 0.2) is 12.4 Å². The number of hydrogen-bond donors (Lipinski definition) is 0. The topological polar surface area (TPSA) is 75.5 Å². The minimum Gasteiger partial charge on any atom is -0.336 e. The molecule has 1 aromatic rings. The molecule has 24 heavy (non-hydrogen) atoms. The lowest BCUT2D eigenvalue weighted by atomic mass is 10.0. The molecular weight excluding hydrogens is 328 g/mol. The van der Waals surface area contributed by atoms with Crippen LogP contribution in [0.2, 0.25) is 0 Å². The Morgan fingerprint density at radius 2 is 2.00 bits per heavy atom. The molecule has 3 aliphatic rings. The number of rotatable bonds is 4. The van der Waals surface area contributed by atoms with Gasteiger partial charge in [-0.05, 0) is 19.8 Å². The average Bonchev–Trinajstić information content (AvgIpc) is 3.20. The number of sulfone groups is 1. The lowest BCUT2D eigenvalue weighted by Crippen LogP contribution is -2.60. The van der Waals surface area contributed by atoms with E-state index in [1.165, 1.54) is 0 Å². The van der Waals surface area contributed by atoms with Crippen molar-refractivity contribution in [3.05, 3.63) is 18.2 Å². The molecule has 0 bridgehead atoms. The van der Waals surface area contributed by atoms with E-state index in [4.69, 9.17) is 0 Å². The summed E-state index contributed by atoms with van der Waals surface area (Å²) in [6, 6.07) is -0.296. The van der Waals surface area contributed by atoms with Crippen LogP contribution in [0.25, 0.3) is 0 Å². The van der Waals surface area contributed by atoms with Crippen LogP contribution in [0.4, 0.5) is 0 Å². The third-order valence-corrected chi connectivity index (χ3v) is 7.19. The Bertz CT molecular complexity index is 740. The number of aromatic nitrogens is 2. The smallest absolute Gasteiger partial charge is 0.226 e. The molecule has 3 fully saturated rings.